The van der Waals surface area contributed by atoms with E-state index in [1.165, 1.54) is 0 Å². The molecule has 0 heterocycles. The molecule has 0 saturated carbocycles. The Morgan fingerprint density at radius 3 is 0.934 bits per heavy atom. The molecule has 11 nitrogen and oxygen atoms in total. The van der Waals surface area contributed by atoms with Crippen LogP contribution in [0, 0.1) is 0 Å². The standard InChI is InChI=1S/C50H42N4O7/c1-55-49-29-41(19-23-45(49)53)59-39-21-25-47(43(27-39)31-3-11-35(12-4-31)57-37-15-7-33(51)8-16-37)61-48-26-22-40(60-42-20-24-46(54)50(30-42)56-2)28-44(48)32-5-13-36(14-6-32)58-38-17-9-34(52)10-18-38/h3-30H,51-54H2,1-2H3. The average Bonchev–Trinajstić information content (AvgIpc) is 3.28. The lowest BCUT2D eigenvalue weighted by atomic mass is 10.0. The largest absolute Gasteiger partial charge is 0.494 e. The minimum Gasteiger partial charge on any atom is -0.494 e. The van der Waals surface area contributed by atoms with Crippen molar-refractivity contribution in [3.8, 4) is 91.2 Å². The predicted molar refractivity (Wildman–Crippen MR) is 241 cm³/mol. The molecule has 0 saturated heterocycles. The fourth-order valence-corrected chi connectivity index (χ4v) is 6.42. The summed E-state index contributed by atoms with van der Waals surface area (Å²) < 4.78 is 42.6. The van der Waals surface area contributed by atoms with Crippen LogP contribution in [0.2, 0.25) is 0 Å². The summed E-state index contributed by atoms with van der Waals surface area (Å²) in [6.45, 7) is 0. The van der Waals surface area contributed by atoms with E-state index in [0.717, 1.165) is 22.3 Å². The summed E-state index contributed by atoms with van der Waals surface area (Å²) >= 11 is 0. The lowest BCUT2D eigenvalue weighted by molar-refractivity contribution is 0.411. The third-order valence-corrected chi connectivity index (χ3v) is 9.57. The molecule has 0 aliphatic rings. The van der Waals surface area contributed by atoms with Crippen LogP contribution in [-0.2, 0) is 0 Å². The molecule has 0 unspecified atom stereocenters. The molecule has 8 aromatic carbocycles. The number of hydrogen-bond acceptors (Lipinski definition) is 11. The third-order valence-electron chi connectivity index (χ3n) is 9.57. The Morgan fingerprint density at radius 2 is 0.574 bits per heavy atom. The van der Waals surface area contributed by atoms with Gasteiger partial charge in [-0.3, -0.25) is 0 Å². The maximum Gasteiger partial charge on any atom is 0.145 e. The fourth-order valence-electron chi connectivity index (χ4n) is 6.42. The fraction of sp³-hybridized carbons (Fsp3) is 0.0400. The molecule has 0 amide bonds. The number of hydrogen-bond donors (Lipinski definition) is 4. The van der Waals surface area contributed by atoms with Gasteiger partial charge < -0.3 is 56.1 Å². The van der Waals surface area contributed by atoms with E-state index in [0.29, 0.717) is 91.7 Å². The zero-order valence-electron chi connectivity index (χ0n) is 33.3. The lowest BCUT2D eigenvalue weighted by Crippen LogP contribution is -1.95. The van der Waals surface area contributed by atoms with Gasteiger partial charge in [0.2, 0.25) is 0 Å². The maximum atomic E-state index is 6.87. The van der Waals surface area contributed by atoms with E-state index in [2.05, 4.69) is 0 Å². The SMILES string of the molecule is COc1cc(Oc2ccc(Oc3ccc(Oc4ccc(N)c(OC)c4)cc3-c3ccc(Oc4ccc(N)cc4)cc3)c(-c3ccc(Oc4ccc(N)cc4)cc3)c2)ccc1N. The van der Waals surface area contributed by atoms with Gasteiger partial charge in [0.1, 0.15) is 69.0 Å². The number of nitrogen functional groups attached to an aromatic ring is 4. The van der Waals surface area contributed by atoms with Gasteiger partial charge >= 0.3 is 0 Å². The van der Waals surface area contributed by atoms with Crippen molar-refractivity contribution in [3.63, 3.8) is 0 Å². The molecule has 0 bridgehead atoms. The molecule has 0 radical (unpaired) electrons. The topological polar surface area (TPSA) is 169 Å². The second-order valence-corrected chi connectivity index (χ2v) is 13.8. The van der Waals surface area contributed by atoms with Crippen LogP contribution in [0.25, 0.3) is 22.3 Å². The van der Waals surface area contributed by atoms with Crippen LogP contribution in [0.5, 0.6) is 69.0 Å². The summed E-state index contributed by atoms with van der Waals surface area (Å²) in [5, 5.41) is 0. The Bertz CT molecular complexity index is 2590. The van der Waals surface area contributed by atoms with Gasteiger partial charge in [0.05, 0.1) is 25.6 Å². The van der Waals surface area contributed by atoms with E-state index in [1.807, 2.05) is 109 Å². The number of rotatable bonds is 14. The highest BCUT2D eigenvalue weighted by molar-refractivity contribution is 5.77. The molecule has 61 heavy (non-hydrogen) atoms. The van der Waals surface area contributed by atoms with Gasteiger partial charge in [-0.1, -0.05) is 24.3 Å². The third kappa shape index (κ3) is 9.48. The molecule has 11 heteroatoms. The van der Waals surface area contributed by atoms with Gasteiger partial charge in [-0.25, -0.2) is 0 Å². The van der Waals surface area contributed by atoms with Crippen molar-refractivity contribution in [3.05, 3.63) is 170 Å². The van der Waals surface area contributed by atoms with Crippen LogP contribution in [0.3, 0.4) is 0 Å². The quantitative estimate of drug-likeness (QED) is 0.0771. The number of benzene rings is 8. The molecule has 0 spiro atoms. The van der Waals surface area contributed by atoms with E-state index in [9.17, 15) is 0 Å². The molecular formula is C50H42N4O7. The summed E-state index contributed by atoms with van der Waals surface area (Å²) in [6, 6.07) is 51.7. The minimum atomic E-state index is 0.505. The van der Waals surface area contributed by atoms with Gasteiger partial charge in [0.15, 0.2) is 0 Å². The number of anilines is 4. The number of methoxy groups -OCH3 is 2. The second kappa shape index (κ2) is 17.6. The zero-order chi connectivity index (χ0) is 42.3. The van der Waals surface area contributed by atoms with Crippen molar-refractivity contribution >= 4 is 22.7 Å². The first-order chi connectivity index (χ1) is 29.7. The molecule has 304 valence electrons. The van der Waals surface area contributed by atoms with Crippen molar-refractivity contribution in [1.82, 2.24) is 0 Å². The molecule has 0 aliphatic carbocycles. The predicted octanol–water partition coefficient (Wildman–Crippen LogP) is 12.3. The van der Waals surface area contributed by atoms with Crippen LogP contribution in [0.15, 0.2) is 170 Å². The van der Waals surface area contributed by atoms with Crippen LogP contribution in [0.1, 0.15) is 0 Å². The first-order valence-electron chi connectivity index (χ1n) is 19.2. The van der Waals surface area contributed by atoms with Gasteiger partial charge in [0, 0.05) is 34.6 Å². The Kier molecular flexibility index (Phi) is 11.4. The summed E-state index contributed by atoms with van der Waals surface area (Å²) in [5.41, 5.74) is 29.4. The van der Waals surface area contributed by atoms with E-state index in [1.54, 1.807) is 74.9 Å². The van der Waals surface area contributed by atoms with E-state index < -0.39 is 0 Å². The lowest BCUT2D eigenvalue weighted by Gasteiger charge is -2.18. The number of ether oxygens (including phenoxy) is 7. The first kappa shape index (κ1) is 39.4. The molecule has 8 rings (SSSR count). The smallest absolute Gasteiger partial charge is 0.145 e. The molecule has 0 atom stereocenters. The Hall–Kier alpha value is -8.44. The van der Waals surface area contributed by atoms with Gasteiger partial charge in [-0.2, -0.15) is 0 Å². The Morgan fingerprint density at radius 1 is 0.279 bits per heavy atom. The van der Waals surface area contributed by atoms with Gasteiger partial charge in [-0.05, 0) is 145 Å². The summed E-state index contributed by atoms with van der Waals surface area (Å²) in [4.78, 5) is 0. The highest BCUT2D eigenvalue weighted by atomic mass is 16.5. The highest BCUT2D eigenvalue weighted by Gasteiger charge is 2.17. The van der Waals surface area contributed by atoms with Gasteiger partial charge in [0.25, 0.3) is 0 Å². The zero-order valence-corrected chi connectivity index (χ0v) is 33.3. The molecule has 0 fully saturated rings. The molecular weight excluding hydrogens is 769 g/mol. The summed E-state index contributed by atoms with van der Waals surface area (Å²) in [6.07, 6.45) is 0. The van der Waals surface area contributed by atoms with Crippen LogP contribution < -0.4 is 56.1 Å². The average molecular weight is 811 g/mol. The van der Waals surface area contributed by atoms with Crippen molar-refractivity contribution in [2.24, 2.45) is 0 Å². The van der Waals surface area contributed by atoms with Crippen LogP contribution >= 0.6 is 0 Å². The van der Waals surface area contributed by atoms with E-state index in [4.69, 9.17) is 56.1 Å². The van der Waals surface area contributed by atoms with Crippen molar-refractivity contribution in [1.29, 1.82) is 0 Å². The second-order valence-electron chi connectivity index (χ2n) is 13.8. The molecule has 0 aliphatic heterocycles. The first-order valence-corrected chi connectivity index (χ1v) is 19.2. The highest BCUT2D eigenvalue weighted by Crippen LogP contribution is 2.44. The minimum absolute atomic E-state index is 0.505. The van der Waals surface area contributed by atoms with E-state index in [-0.39, 0.29) is 0 Å². The van der Waals surface area contributed by atoms with Gasteiger partial charge in [-0.15, -0.1) is 0 Å². The summed E-state index contributed by atoms with van der Waals surface area (Å²) in [5.74, 6) is 7.02. The molecule has 8 aromatic rings. The van der Waals surface area contributed by atoms with Crippen molar-refractivity contribution in [2.75, 3.05) is 37.2 Å². The van der Waals surface area contributed by atoms with Crippen molar-refractivity contribution < 1.29 is 33.2 Å². The molecule has 0 aromatic heterocycles. The van der Waals surface area contributed by atoms with Crippen LogP contribution in [0.4, 0.5) is 22.7 Å². The molecule has 8 N–H and O–H groups in total. The van der Waals surface area contributed by atoms with Crippen molar-refractivity contribution in [2.45, 2.75) is 0 Å². The Labute approximate surface area is 353 Å². The number of nitrogens with two attached hydrogens (primary N) is 4. The summed E-state index contributed by atoms with van der Waals surface area (Å²) in [7, 11) is 3.12. The Balaban J connectivity index is 1.16. The normalized spacial score (nSPS) is 10.7. The van der Waals surface area contributed by atoms with E-state index >= 15 is 0 Å². The maximum absolute atomic E-state index is 6.87. The van der Waals surface area contributed by atoms with Crippen LogP contribution in [-0.4, -0.2) is 14.2 Å². The monoisotopic (exact) mass is 810 g/mol.